The van der Waals surface area contributed by atoms with Crippen LogP contribution in [0, 0.1) is 11.8 Å². The fourth-order valence-corrected chi connectivity index (χ4v) is 3.89. The Morgan fingerprint density at radius 3 is 2.83 bits per heavy atom. The zero-order chi connectivity index (χ0) is 17.1. The molecule has 3 aliphatic rings. The van der Waals surface area contributed by atoms with Gasteiger partial charge in [0.2, 0.25) is 11.8 Å². The molecule has 0 N–H and O–H groups in total. The highest BCUT2D eigenvalue weighted by atomic mass is 16.5. The molecular formula is C18H17NO5. The van der Waals surface area contributed by atoms with Gasteiger partial charge in [0.15, 0.2) is 0 Å². The van der Waals surface area contributed by atoms with Crippen molar-refractivity contribution in [3.63, 3.8) is 0 Å². The molecular weight excluding hydrogens is 310 g/mol. The third kappa shape index (κ3) is 1.89. The predicted octanol–water partition coefficient (Wildman–Crippen LogP) is 1.70. The smallest absolute Gasteiger partial charge is 0.338 e. The van der Waals surface area contributed by atoms with Crippen molar-refractivity contribution in [2.75, 3.05) is 11.5 Å². The first-order chi connectivity index (χ1) is 11.5. The van der Waals surface area contributed by atoms with Crippen molar-refractivity contribution in [1.82, 2.24) is 0 Å². The van der Waals surface area contributed by atoms with Crippen molar-refractivity contribution >= 4 is 23.5 Å². The van der Waals surface area contributed by atoms with Crippen LogP contribution >= 0.6 is 0 Å². The van der Waals surface area contributed by atoms with Crippen LogP contribution in [0.15, 0.2) is 36.4 Å². The van der Waals surface area contributed by atoms with Crippen LogP contribution in [0.5, 0.6) is 0 Å². The van der Waals surface area contributed by atoms with Crippen molar-refractivity contribution in [2.45, 2.75) is 25.6 Å². The van der Waals surface area contributed by atoms with Crippen LogP contribution < -0.4 is 4.90 Å². The van der Waals surface area contributed by atoms with Crippen LogP contribution in [0.3, 0.4) is 0 Å². The van der Waals surface area contributed by atoms with Gasteiger partial charge in [-0.2, -0.15) is 0 Å². The highest BCUT2D eigenvalue weighted by Crippen LogP contribution is 2.52. The van der Waals surface area contributed by atoms with Gasteiger partial charge in [-0.15, -0.1) is 0 Å². The maximum Gasteiger partial charge on any atom is 0.338 e. The molecule has 1 aromatic carbocycles. The van der Waals surface area contributed by atoms with E-state index in [0.717, 1.165) is 0 Å². The van der Waals surface area contributed by atoms with E-state index >= 15 is 0 Å². The standard InChI is InChI=1S/C18H17NO5/c1-3-23-17(22)10-5-4-6-11(9-10)19-15(20)13-12-7-8-18(2,24-12)14(13)16(19)21/h4-9,12-14H,3H2,1-2H3/t12-,13-,14-,18-/m1/s1. The van der Waals surface area contributed by atoms with Crippen molar-refractivity contribution in [3.05, 3.63) is 42.0 Å². The number of nitrogens with zero attached hydrogens (tertiary/aromatic N) is 1. The molecule has 0 unspecified atom stereocenters. The molecule has 0 spiro atoms. The van der Waals surface area contributed by atoms with Crippen LogP contribution in [-0.4, -0.2) is 36.1 Å². The van der Waals surface area contributed by atoms with Gasteiger partial charge in [-0.3, -0.25) is 9.59 Å². The summed E-state index contributed by atoms with van der Waals surface area (Å²) in [6.07, 6.45) is 3.36. The molecule has 0 saturated carbocycles. The molecule has 4 rings (SSSR count). The molecule has 2 amide bonds. The van der Waals surface area contributed by atoms with E-state index in [1.165, 1.54) is 11.0 Å². The summed E-state index contributed by atoms with van der Waals surface area (Å²) in [4.78, 5) is 38.8. The van der Waals surface area contributed by atoms with E-state index in [-0.39, 0.29) is 24.5 Å². The summed E-state index contributed by atoms with van der Waals surface area (Å²) in [5.74, 6) is -2.02. The van der Waals surface area contributed by atoms with Gasteiger partial charge in [-0.25, -0.2) is 9.69 Å². The minimum atomic E-state index is -0.727. The Balaban J connectivity index is 1.69. The molecule has 6 heteroatoms. The molecule has 0 aliphatic carbocycles. The Morgan fingerprint density at radius 2 is 2.12 bits per heavy atom. The lowest BCUT2D eigenvalue weighted by Crippen LogP contribution is -2.38. The van der Waals surface area contributed by atoms with E-state index in [1.54, 1.807) is 25.1 Å². The molecule has 3 aliphatic heterocycles. The van der Waals surface area contributed by atoms with Crippen LogP contribution in [0.1, 0.15) is 24.2 Å². The summed E-state index contributed by atoms with van der Waals surface area (Å²) in [6.45, 7) is 3.82. The molecule has 2 saturated heterocycles. The first-order valence-electron chi connectivity index (χ1n) is 7.98. The summed E-state index contributed by atoms with van der Waals surface area (Å²) in [5, 5.41) is 0. The van der Waals surface area contributed by atoms with Gasteiger partial charge in [-0.1, -0.05) is 18.2 Å². The first kappa shape index (κ1) is 15.1. The minimum Gasteiger partial charge on any atom is -0.462 e. The second kappa shape index (κ2) is 5.01. The van der Waals surface area contributed by atoms with Crippen molar-refractivity contribution < 1.29 is 23.9 Å². The number of hydrogen-bond acceptors (Lipinski definition) is 5. The molecule has 24 heavy (non-hydrogen) atoms. The number of carbonyl (C=O) groups is 3. The van der Waals surface area contributed by atoms with E-state index in [2.05, 4.69) is 0 Å². The zero-order valence-electron chi connectivity index (χ0n) is 13.4. The van der Waals surface area contributed by atoms with Gasteiger partial charge < -0.3 is 9.47 Å². The predicted molar refractivity (Wildman–Crippen MR) is 84.3 cm³/mol. The Morgan fingerprint density at radius 1 is 1.33 bits per heavy atom. The van der Waals surface area contributed by atoms with Crippen LogP contribution in [0.25, 0.3) is 0 Å². The lowest BCUT2D eigenvalue weighted by molar-refractivity contribution is -0.126. The van der Waals surface area contributed by atoms with Crippen LogP contribution in [0.4, 0.5) is 5.69 Å². The summed E-state index contributed by atoms with van der Waals surface area (Å²) in [7, 11) is 0. The topological polar surface area (TPSA) is 72.9 Å². The second-order valence-corrected chi connectivity index (χ2v) is 6.41. The van der Waals surface area contributed by atoms with E-state index in [0.29, 0.717) is 11.3 Å². The number of rotatable bonds is 3. The lowest BCUT2D eigenvalue weighted by Gasteiger charge is -2.24. The van der Waals surface area contributed by atoms with E-state index in [4.69, 9.17) is 9.47 Å². The fraction of sp³-hybridized carbons (Fsp3) is 0.389. The van der Waals surface area contributed by atoms with Crippen molar-refractivity contribution in [1.29, 1.82) is 0 Å². The largest absolute Gasteiger partial charge is 0.462 e. The summed E-state index contributed by atoms with van der Waals surface area (Å²) in [5.41, 5.74) is -0.0150. The number of fused-ring (bicyclic) bond motifs is 5. The Hall–Kier alpha value is -2.47. The number of benzene rings is 1. The molecule has 0 aromatic heterocycles. The molecule has 124 valence electrons. The molecule has 1 aromatic rings. The number of carbonyl (C=O) groups excluding carboxylic acids is 3. The fourth-order valence-electron chi connectivity index (χ4n) is 3.89. The highest BCUT2D eigenvalue weighted by molar-refractivity contribution is 6.23. The Labute approximate surface area is 139 Å². The van der Waals surface area contributed by atoms with Gasteiger partial charge in [0, 0.05) is 0 Å². The summed E-state index contributed by atoms with van der Waals surface area (Å²) in [6, 6.07) is 6.41. The van der Waals surface area contributed by atoms with Crippen molar-refractivity contribution in [2.24, 2.45) is 11.8 Å². The maximum absolute atomic E-state index is 12.9. The van der Waals surface area contributed by atoms with Gasteiger partial charge in [0.25, 0.3) is 0 Å². The Kier molecular flexibility index (Phi) is 3.15. The molecule has 3 heterocycles. The average molecular weight is 327 g/mol. The second-order valence-electron chi connectivity index (χ2n) is 6.41. The number of anilines is 1. The first-order valence-corrected chi connectivity index (χ1v) is 7.98. The third-order valence-electron chi connectivity index (χ3n) is 4.94. The molecule has 4 atom stereocenters. The molecule has 0 radical (unpaired) electrons. The highest BCUT2D eigenvalue weighted by Gasteiger charge is 2.66. The van der Waals surface area contributed by atoms with Gasteiger partial charge >= 0.3 is 5.97 Å². The van der Waals surface area contributed by atoms with Gasteiger partial charge in [0.05, 0.1) is 41.4 Å². The van der Waals surface area contributed by atoms with Gasteiger partial charge in [0.1, 0.15) is 0 Å². The molecule has 6 nitrogen and oxygen atoms in total. The number of esters is 1. The van der Waals surface area contributed by atoms with Gasteiger partial charge in [-0.05, 0) is 32.0 Å². The number of ether oxygens (including phenoxy) is 2. The molecule has 2 bridgehead atoms. The van der Waals surface area contributed by atoms with Crippen molar-refractivity contribution in [3.8, 4) is 0 Å². The SMILES string of the molecule is CCOC(=O)c1cccc(N2C(=O)[C@@H]3[C@H]4C=C[C@@](C)(O4)[C@H]3C2=O)c1. The van der Waals surface area contributed by atoms with Crippen LogP contribution in [-0.2, 0) is 19.1 Å². The third-order valence-corrected chi connectivity index (χ3v) is 4.94. The summed E-state index contributed by atoms with van der Waals surface area (Å²) < 4.78 is 10.8. The number of hydrogen-bond donors (Lipinski definition) is 0. The minimum absolute atomic E-state index is 0.262. The van der Waals surface area contributed by atoms with E-state index in [1.807, 2.05) is 19.1 Å². The average Bonchev–Trinajstić information content (AvgIpc) is 3.17. The Bertz CT molecular complexity index is 785. The number of amides is 2. The monoisotopic (exact) mass is 327 g/mol. The maximum atomic E-state index is 12.9. The number of imide groups is 1. The quantitative estimate of drug-likeness (QED) is 0.480. The van der Waals surface area contributed by atoms with E-state index in [9.17, 15) is 14.4 Å². The summed E-state index contributed by atoms with van der Waals surface area (Å²) >= 11 is 0. The normalized spacial score (nSPS) is 33.2. The van der Waals surface area contributed by atoms with E-state index < -0.39 is 23.4 Å². The van der Waals surface area contributed by atoms with Crippen LogP contribution in [0.2, 0.25) is 0 Å². The molecule has 2 fully saturated rings. The zero-order valence-corrected chi connectivity index (χ0v) is 13.4. The lowest BCUT2D eigenvalue weighted by atomic mass is 9.78.